The molecule has 1 aromatic carbocycles. The van der Waals surface area contributed by atoms with Crippen LogP contribution >= 0.6 is 0 Å². The highest BCUT2D eigenvalue weighted by Crippen LogP contribution is 2.10. The van der Waals surface area contributed by atoms with E-state index in [0.29, 0.717) is 11.3 Å². The molecule has 0 spiro atoms. The first-order valence-electron chi connectivity index (χ1n) is 7.33. The lowest BCUT2D eigenvalue weighted by Crippen LogP contribution is -2.37. The van der Waals surface area contributed by atoms with Crippen molar-refractivity contribution >= 4 is 22.8 Å². The number of imidazole rings is 1. The van der Waals surface area contributed by atoms with Crippen LogP contribution in [0.15, 0.2) is 40.2 Å². The van der Waals surface area contributed by atoms with Crippen LogP contribution in [-0.2, 0) is 25.4 Å². The number of aromatic nitrogens is 4. The molecule has 2 aromatic heterocycles. The Morgan fingerprint density at radius 2 is 1.88 bits per heavy atom. The lowest BCUT2D eigenvalue weighted by molar-refractivity contribution is -0.116. The quantitative estimate of drug-likeness (QED) is 0.719. The minimum Gasteiger partial charge on any atom is -0.325 e. The Morgan fingerprint density at radius 3 is 2.52 bits per heavy atom. The van der Waals surface area contributed by atoms with Gasteiger partial charge in [0.2, 0.25) is 5.91 Å². The number of hydrogen-bond acceptors (Lipinski definition) is 5. The zero-order valence-electron chi connectivity index (χ0n) is 13.6. The summed E-state index contributed by atoms with van der Waals surface area (Å²) in [7, 11) is 2.89. The van der Waals surface area contributed by atoms with Crippen LogP contribution in [0.3, 0.4) is 0 Å². The molecular formula is C16H14N6O3. The summed E-state index contributed by atoms with van der Waals surface area (Å²) in [5.41, 5.74) is 0.428. The summed E-state index contributed by atoms with van der Waals surface area (Å²) < 4.78 is 3.69. The van der Waals surface area contributed by atoms with Crippen LogP contribution in [0.25, 0.3) is 11.2 Å². The Labute approximate surface area is 141 Å². The van der Waals surface area contributed by atoms with Gasteiger partial charge in [0.05, 0.1) is 18.0 Å². The minimum atomic E-state index is -0.510. The molecule has 0 aliphatic carbocycles. The predicted octanol–water partition coefficient (Wildman–Crippen LogP) is -0.0559. The number of carbonyl (C=O) groups excluding carboxylic acids is 1. The van der Waals surface area contributed by atoms with Gasteiger partial charge in [0.25, 0.3) is 5.56 Å². The Hall–Kier alpha value is -3.67. The Kier molecular flexibility index (Phi) is 3.94. The molecule has 126 valence electrons. The van der Waals surface area contributed by atoms with Crippen molar-refractivity contribution in [2.45, 2.75) is 6.54 Å². The van der Waals surface area contributed by atoms with Gasteiger partial charge in [0, 0.05) is 19.8 Å². The average Bonchev–Trinajstić information content (AvgIpc) is 3.02. The number of nitrogens with zero attached hydrogens (tertiary/aromatic N) is 5. The zero-order valence-corrected chi connectivity index (χ0v) is 13.6. The molecule has 0 saturated heterocycles. The molecule has 0 atom stereocenters. The largest absolute Gasteiger partial charge is 0.332 e. The van der Waals surface area contributed by atoms with E-state index in [1.54, 1.807) is 24.3 Å². The molecule has 0 fully saturated rings. The van der Waals surface area contributed by atoms with Crippen LogP contribution in [-0.4, -0.2) is 24.6 Å². The number of aryl methyl sites for hydroxylation is 1. The predicted molar refractivity (Wildman–Crippen MR) is 90.0 cm³/mol. The Morgan fingerprint density at radius 1 is 1.20 bits per heavy atom. The van der Waals surface area contributed by atoms with E-state index in [1.165, 1.54) is 29.6 Å². The molecule has 1 amide bonds. The topological polar surface area (TPSA) is 115 Å². The van der Waals surface area contributed by atoms with E-state index in [0.717, 1.165) is 4.57 Å². The monoisotopic (exact) mass is 338 g/mol. The fraction of sp³-hybridized carbons (Fsp3) is 0.188. The smallest absolute Gasteiger partial charge is 0.325 e. The number of nitrogens with one attached hydrogen (secondary N) is 1. The number of rotatable bonds is 3. The van der Waals surface area contributed by atoms with Crippen LogP contribution < -0.4 is 16.6 Å². The normalized spacial score (nSPS) is 10.6. The molecule has 0 bridgehead atoms. The molecule has 0 radical (unpaired) electrons. The molecule has 9 heteroatoms. The summed E-state index contributed by atoms with van der Waals surface area (Å²) in [6.07, 6.45) is 1.35. The highest BCUT2D eigenvalue weighted by Gasteiger charge is 2.15. The van der Waals surface area contributed by atoms with Crippen molar-refractivity contribution < 1.29 is 4.79 Å². The van der Waals surface area contributed by atoms with Crippen molar-refractivity contribution in [1.82, 2.24) is 18.7 Å². The second-order valence-electron chi connectivity index (χ2n) is 5.49. The molecule has 9 nitrogen and oxygen atoms in total. The number of hydrogen-bond donors (Lipinski definition) is 1. The molecule has 0 unspecified atom stereocenters. The molecule has 0 aliphatic rings. The number of amides is 1. The molecular weight excluding hydrogens is 324 g/mol. The van der Waals surface area contributed by atoms with E-state index >= 15 is 0 Å². The first-order valence-corrected chi connectivity index (χ1v) is 7.33. The van der Waals surface area contributed by atoms with Gasteiger partial charge in [-0.05, 0) is 24.3 Å². The van der Waals surface area contributed by atoms with Crippen molar-refractivity contribution in [2.24, 2.45) is 14.1 Å². The van der Waals surface area contributed by atoms with Crippen molar-refractivity contribution in [1.29, 1.82) is 5.26 Å². The fourth-order valence-electron chi connectivity index (χ4n) is 2.54. The molecule has 0 aliphatic heterocycles. The third-order valence-electron chi connectivity index (χ3n) is 3.82. The van der Waals surface area contributed by atoms with Crippen LogP contribution in [0.1, 0.15) is 5.56 Å². The maximum absolute atomic E-state index is 12.2. The molecule has 3 aromatic rings. The van der Waals surface area contributed by atoms with Gasteiger partial charge in [-0.15, -0.1) is 0 Å². The number of benzene rings is 1. The summed E-state index contributed by atoms with van der Waals surface area (Å²) >= 11 is 0. The Bertz CT molecular complexity index is 1130. The SMILES string of the molecule is Cn1c(=O)c2ncn(CC(=O)Nc3ccc(C#N)cc3)c2n(C)c1=O. The summed E-state index contributed by atoms with van der Waals surface area (Å²) in [6.45, 7) is -0.114. The van der Waals surface area contributed by atoms with E-state index in [2.05, 4.69) is 10.3 Å². The van der Waals surface area contributed by atoms with Crippen molar-refractivity contribution in [3.8, 4) is 6.07 Å². The maximum Gasteiger partial charge on any atom is 0.332 e. The van der Waals surface area contributed by atoms with Crippen LogP contribution in [0.5, 0.6) is 0 Å². The van der Waals surface area contributed by atoms with Crippen molar-refractivity contribution in [3.63, 3.8) is 0 Å². The highest BCUT2D eigenvalue weighted by atomic mass is 16.2. The molecule has 0 saturated carbocycles. The second kappa shape index (κ2) is 6.09. The van der Waals surface area contributed by atoms with Crippen LogP contribution in [0, 0.1) is 11.3 Å². The lowest BCUT2D eigenvalue weighted by atomic mass is 10.2. The van der Waals surface area contributed by atoms with Gasteiger partial charge in [0.15, 0.2) is 5.52 Å². The van der Waals surface area contributed by atoms with Gasteiger partial charge >= 0.3 is 5.69 Å². The van der Waals surface area contributed by atoms with E-state index in [1.807, 2.05) is 6.07 Å². The van der Waals surface area contributed by atoms with E-state index < -0.39 is 11.2 Å². The van der Waals surface area contributed by atoms with Crippen molar-refractivity contribution in [2.75, 3.05) is 5.32 Å². The summed E-state index contributed by atoms with van der Waals surface area (Å²) in [5, 5.41) is 11.5. The number of fused-ring (bicyclic) bond motifs is 1. The Balaban J connectivity index is 1.90. The zero-order chi connectivity index (χ0) is 18.1. The standard InChI is InChI=1S/C16H14N6O3/c1-20-14-13(15(24)21(2)16(20)25)18-9-22(14)8-12(23)19-11-5-3-10(7-17)4-6-11/h3-6,9H,8H2,1-2H3,(H,19,23). The summed E-state index contributed by atoms with van der Waals surface area (Å²) in [5.74, 6) is -0.350. The third kappa shape index (κ3) is 2.81. The molecule has 1 N–H and O–H groups in total. The highest BCUT2D eigenvalue weighted by molar-refractivity contribution is 5.91. The number of nitriles is 1. The first kappa shape index (κ1) is 16.2. The number of carbonyl (C=O) groups is 1. The summed E-state index contributed by atoms with van der Waals surface area (Å²) in [6, 6.07) is 8.42. The molecule has 3 rings (SSSR count). The third-order valence-corrected chi connectivity index (χ3v) is 3.82. The second-order valence-corrected chi connectivity index (χ2v) is 5.49. The summed E-state index contributed by atoms with van der Waals surface area (Å²) in [4.78, 5) is 40.4. The van der Waals surface area contributed by atoms with Gasteiger partial charge in [0.1, 0.15) is 12.2 Å². The van der Waals surface area contributed by atoms with E-state index in [-0.39, 0.29) is 23.6 Å². The van der Waals surface area contributed by atoms with Gasteiger partial charge < -0.3 is 9.88 Å². The molecule has 25 heavy (non-hydrogen) atoms. The van der Waals surface area contributed by atoms with Crippen LogP contribution in [0.4, 0.5) is 5.69 Å². The minimum absolute atomic E-state index is 0.114. The molecule has 2 heterocycles. The lowest BCUT2D eigenvalue weighted by Gasteiger charge is -2.09. The first-order chi connectivity index (χ1) is 11.9. The van der Waals surface area contributed by atoms with Gasteiger partial charge in [-0.3, -0.25) is 18.7 Å². The maximum atomic E-state index is 12.2. The van der Waals surface area contributed by atoms with Crippen molar-refractivity contribution in [3.05, 3.63) is 57.0 Å². The van der Waals surface area contributed by atoms with Gasteiger partial charge in [-0.2, -0.15) is 5.26 Å². The van der Waals surface area contributed by atoms with Crippen LogP contribution in [0.2, 0.25) is 0 Å². The van der Waals surface area contributed by atoms with E-state index in [4.69, 9.17) is 5.26 Å². The number of anilines is 1. The van der Waals surface area contributed by atoms with E-state index in [9.17, 15) is 14.4 Å². The van der Waals surface area contributed by atoms with Gasteiger partial charge in [-0.25, -0.2) is 9.78 Å². The fourth-order valence-corrected chi connectivity index (χ4v) is 2.54. The van der Waals surface area contributed by atoms with Gasteiger partial charge in [-0.1, -0.05) is 0 Å². The average molecular weight is 338 g/mol.